The van der Waals surface area contributed by atoms with Gasteiger partial charge in [-0.3, -0.25) is 0 Å². The lowest BCUT2D eigenvalue weighted by molar-refractivity contribution is -0.0304. The Labute approximate surface area is 190 Å². The maximum atomic E-state index is 12.9. The molecule has 5 rings (SSSR count). The maximum absolute atomic E-state index is 12.9. The van der Waals surface area contributed by atoms with Crippen molar-refractivity contribution < 1.29 is 14.3 Å². The highest BCUT2D eigenvalue weighted by atomic mass is 35.5. The Morgan fingerprint density at radius 2 is 1.90 bits per heavy atom. The van der Waals surface area contributed by atoms with Gasteiger partial charge in [0.05, 0.1) is 18.8 Å². The molecule has 30 heavy (non-hydrogen) atoms. The number of H-pyrrole nitrogens is 1. The van der Waals surface area contributed by atoms with Gasteiger partial charge < -0.3 is 24.7 Å². The van der Waals surface area contributed by atoms with Crippen LogP contribution in [0.25, 0.3) is 10.9 Å². The number of piperidine rings is 3. The number of aryl methyl sites for hydroxylation is 1. The van der Waals surface area contributed by atoms with Gasteiger partial charge in [-0.25, -0.2) is 4.79 Å². The van der Waals surface area contributed by atoms with Gasteiger partial charge in [0, 0.05) is 28.1 Å². The monoisotopic (exact) mass is 457 g/mol. The van der Waals surface area contributed by atoms with Crippen LogP contribution in [0.4, 0.5) is 0 Å². The molecule has 3 aliphatic heterocycles. The average molecular weight is 458 g/mol. The third kappa shape index (κ3) is 5.05. The Balaban J connectivity index is 0.00000160. The minimum atomic E-state index is -0.232. The van der Waals surface area contributed by atoms with E-state index in [1.165, 1.54) is 0 Å². The molecule has 0 atom stereocenters. The van der Waals surface area contributed by atoms with E-state index < -0.39 is 0 Å². The normalized spacial score (nSPS) is 22.3. The summed E-state index contributed by atoms with van der Waals surface area (Å²) in [5.74, 6) is 0.597. The molecule has 6 nitrogen and oxygen atoms in total. The summed E-state index contributed by atoms with van der Waals surface area (Å²) in [6.07, 6.45) is 6.12. The summed E-state index contributed by atoms with van der Waals surface area (Å²) in [5.41, 5.74) is 2.72. The van der Waals surface area contributed by atoms with E-state index in [9.17, 15) is 4.79 Å². The van der Waals surface area contributed by atoms with Crippen molar-refractivity contribution in [3.8, 4) is 5.75 Å². The molecule has 2 N–H and O–H groups in total. The molecule has 0 unspecified atom stereocenters. The summed E-state index contributed by atoms with van der Waals surface area (Å²) < 4.78 is 11.8. The molecule has 4 heterocycles. The van der Waals surface area contributed by atoms with Gasteiger partial charge in [-0.15, -0.1) is 24.8 Å². The van der Waals surface area contributed by atoms with Crippen molar-refractivity contribution >= 4 is 41.7 Å². The number of nitrogens with one attached hydrogen (secondary N) is 2. The number of hydrogen-bond donors (Lipinski definition) is 2. The molecule has 2 bridgehead atoms. The van der Waals surface area contributed by atoms with Gasteiger partial charge in [-0.1, -0.05) is 0 Å². The Morgan fingerprint density at radius 1 is 1.20 bits per heavy atom. The zero-order valence-electron chi connectivity index (χ0n) is 17.8. The number of aromatic nitrogens is 1. The molecule has 0 aliphatic carbocycles. The molecule has 3 aliphatic rings. The lowest BCUT2D eigenvalue weighted by atomic mass is 9.73. The Bertz CT molecular complexity index is 834. The number of halogens is 2. The molecule has 0 radical (unpaired) electrons. The topological polar surface area (TPSA) is 66.6 Å². The molecule has 0 spiro atoms. The summed E-state index contributed by atoms with van der Waals surface area (Å²) >= 11 is 0. The second kappa shape index (κ2) is 10.7. The van der Waals surface area contributed by atoms with E-state index in [1.54, 1.807) is 6.20 Å². The molecule has 1 aromatic carbocycles. The zero-order chi connectivity index (χ0) is 19.6. The lowest BCUT2D eigenvalue weighted by Crippen LogP contribution is -2.50. The van der Waals surface area contributed by atoms with Crippen LogP contribution in [0.1, 0.15) is 41.6 Å². The molecular weight excluding hydrogens is 425 g/mol. The molecule has 3 saturated heterocycles. The van der Waals surface area contributed by atoms with E-state index >= 15 is 0 Å². The SMILES string of the molecule is CNCCCOc1ccc2[nH]cc(C(=O)OCC34CCN(CC3)CC4)c2c1C.Cl.Cl. The predicted molar refractivity (Wildman–Crippen MR) is 125 cm³/mol. The predicted octanol–water partition coefficient (Wildman–Crippen LogP) is 3.95. The smallest absolute Gasteiger partial charge is 0.340 e. The first-order valence-corrected chi connectivity index (χ1v) is 10.4. The number of aromatic amines is 1. The van der Waals surface area contributed by atoms with Gasteiger partial charge in [-0.05, 0) is 78.0 Å². The van der Waals surface area contributed by atoms with E-state index in [1.807, 2.05) is 26.1 Å². The largest absolute Gasteiger partial charge is 0.493 e. The van der Waals surface area contributed by atoms with Crippen LogP contribution in [-0.4, -0.2) is 62.3 Å². The van der Waals surface area contributed by atoms with Crippen LogP contribution in [0.15, 0.2) is 18.3 Å². The summed E-state index contributed by atoms with van der Waals surface area (Å²) in [6, 6.07) is 3.94. The molecule has 8 heteroatoms. The molecule has 3 fully saturated rings. The van der Waals surface area contributed by atoms with E-state index in [0.717, 1.165) is 74.1 Å². The fourth-order valence-corrected chi connectivity index (χ4v) is 4.54. The fourth-order valence-electron chi connectivity index (χ4n) is 4.54. The molecule has 0 amide bonds. The summed E-state index contributed by atoms with van der Waals surface area (Å²) in [6.45, 7) is 7.52. The average Bonchev–Trinajstić information content (AvgIpc) is 3.17. The van der Waals surface area contributed by atoms with E-state index in [2.05, 4.69) is 15.2 Å². The van der Waals surface area contributed by atoms with Gasteiger partial charge in [0.2, 0.25) is 0 Å². The van der Waals surface area contributed by atoms with Crippen molar-refractivity contribution in [2.75, 3.05) is 46.4 Å². The second-order valence-electron chi connectivity index (χ2n) is 8.29. The summed E-state index contributed by atoms with van der Waals surface area (Å²) in [7, 11) is 1.94. The minimum absolute atomic E-state index is 0. The Morgan fingerprint density at radius 3 is 2.57 bits per heavy atom. The van der Waals surface area contributed by atoms with Crippen molar-refractivity contribution in [1.82, 2.24) is 15.2 Å². The number of fused-ring (bicyclic) bond motifs is 4. The third-order valence-corrected chi connectivity index (χ3v) is 6.49. The number of carbonyl (C=O) groups is 1. The lowest BCUT2D eigenvalue weighted by Gasteiger charge is -2.47. The van der Waals surface area contributed by atoms with Gasteiger partial charge in [-0.2, -0.15) is 0 Å². The highest BCUT2D eigenvalue weighted by Gasteiger charge is 2.40. The van der Waals surface area contributed by atoms with Crippen molar-refractivity contribution in [1.29, 1.82) is 0 Å². The van der Waals surface area contributed by atoms with Gasteiger partial charge in [0.1, 0.15) is 5.75 Å². The van der Waals surface area contributed by atoms with Crippen molar-refractivity contribution in [3.05, 3.63) is 29.5 Å². The number of ether oxygens (including phenoxy) is 2. The van der Waals surface area contributed by atoms with Gasteiger partial charge in [0.25, 0.3) is 0 Å². The van der Waals surface area contributed by atoms with Gasteiger partial charge in [0.15, 0.2) is 0 Å². The standard InChI is InChI=1S/C22H31N3O3.2ClH/c1-16-19(27-13-3-9-23-2)5-4-18-20(16)17(14-24-18)21(26)28-15-22-6-10-25(11-7-22)12-8-22;;/h4-5,14,23-24H,3,6-13,15H2,1-2H3;2*1H. The summed E-state index contributed by atoms with van der Waals surface area (Å²) in [5, 5.41) is 4.03. The third-order valence-electron chi connectivity index (χ3n) is 6.49. The molecule has 0 saturated carbocycles. The van der Waals surface area contributed by atoms with Crippen molar-refractivity contribution in [2.45, 2.75) is 32.6 Å². The van der Waals surface area contributed by atoms with E-state index in [-0.39, 0.29) is 36.2 Å². The number of esters is 1. The van der Waals surface area contributed by atoms with Crippen LogP contribution in [0.5, 0.6) is 5.75 Å². The number of carbonyl (C=O) groups excluding carboxylic acids is 1. The Kier molecular flexibility index (Phi) is 8.85. The summed E-state index contributed by atoms with van der Waals surface area (Å²) in [4.78, 5) is 18.6. The maximum Gasteiger partial charge on any atom is 0.340 e. The van der Waals surface area contributed by atoms with E-state index in [0.29, 0.717) is 18.8 Å². The first kappa shape index (κ1) is 24.8. The van der Waals surface area contributed by atoms with Crippen LogP contribution in [0.3, 0.4) is 0 Å². The van der Waals surface area contributed by atoms with Crippen molar-refractivity contribution in [3.63, 3.8) is 0 Å². The highest BCUT2D eigenvalue weighted by Crippen LogP contribution is 2.40. The quantitative estimate of drug-likeness (QED) is 0.463. The first-order valence-electron chi connectivity index (χ1n) is 10.4. The van der Waals surface area contributed by atoms with Crippen LogP contribution < -0.4 is 10.1 Å². The molecule has 1 aromatic heterocycles. The van der Waals surface area contributed by atoms with Crippen LogP contribution >= 0.6 is 24.8 Å². The fraction of sp³-hybridized carbons (Fsp3) is 0.591. The van der Waals surface area contributed by atoms with Crippen molar-refractivity contribution in [2.24, 2.45) is 5.41 Å². The highest BCUT2D eigenvalue weighted by molar-refractivity contribution is 6.06. The molecular formula is C22H33Cl2N3O3. The van der Waals surface area contributed by atoms with Crippen LogP contribution in [-0.2, 0) is 4.74 Å². The van der Waals surface area contributed by atoms with Crippen LogP contribution in [0.2, 0.25) is 0 Å². The zero-order valence-corrected chi connectivity index (χ0v) is 19.4. The van der Waals surface area contributed by atoms with Gasteiger partial charge >= 0.3 is 5.97 Å². The first-order chi connectivity index (χ1) is 13.6. The molecule has 168 valence electrons. The van der Waals surface area contributed by atoms with E-state index in [4.69, 9.17) is 9.47 Å². The Hall–Kier alpha value is -1.47. The van der Waals surface area contributed by atoms with Crippen LogP contribution in [0, 0.1) is 12.3 Å². The molecule has 2 aromatic rings. The number of hydrogen-bond acceptors (Lipinski definition) is 5. The minimum Gasteiger partial charge on any atom is -0.493 e. The number of rotatable bonds is 8. The number of nitrogens with zero attached hydrogens (tertiary/aromatic N) is 1. The second-order valence-corrected chi connectivity index (χ2v) is 8.29. The number of benzene rings is 1.